The second-order valence-corrected chi connectivity index (χ2v) is 4.45. The fraction of sp³-hybridized carbons (Fsp3) is 0.250. The number of aryl methyl sites for hydroxylation is 1. The lowest BCUT2D eigenvalue weighted by Crippen LogP contribution is -1.96. The summed E-state index contributed by atoms with van der Waals surface area (Å²) >= 11 is 12.0. The number of halogens is 3. The molecule has 0 N–H and O–H groups in total. The molecule has 0 saturated carbocycles. The maximum Gasteiger partial charge on any atom is 0.150 e. The van der Waals surface area contributed by atoms with Gasteiger partial charge in [-0.25, -0.2) is 9.37 Å². The van der Waals surface area contributed by atoms with E-state index in [-0.39, 0.29) is 5.52 Å². The molecular formula is C12H10Cl2FN. The third-order valence-corrected chi connectivity index (χ3v) is 3.31. The minimum Gasteiger partial charge on any atom is -0.249 e. The van der Waals surface area contributed by atoms with Gasteiger partial charge in [0.05, 0.1) is 5.02 Å². The lowest BCUT2D eigenvalue weighted by atomic mass is 10.1. The standard InChI is InChI=1S/C12H10Cl2FN/c1-3-10-6(2)11(14)8-4-7(13)5-9(15)12(8)16-10/h4-5H,3H2,1-2H3. The van der Waals surface area contributed by atoms with Gasteiger partial charge in [-0.1, -0.05) is 30.1 Å². The highest BCUT2D eigenvalue weighted by Crippen LogP contribution is 2.31. The lowest BCUT2D eigenvalue weighted by molar-refractivity contribution is 0.636. The van der Waals surface area contributed by atoms with Crippen molar-refractivity contribution in [2.24, 2.45) is 0 Å². The monoisotopic (exact) mass is 257 g/mol. The van der Waals surface area contributed by atoms with Crippen molar-refractivity contribution in [3.8, 4) is 0 Å². The van der Waals surface area contributed by atoms with Crippen LogP contribution < -0.4 is 0 Å². The first kappa shape index (κ1) is 11.6. The maximum atomic E-state index is 13.7. The molecule has 1 heterocycles. The van der Waals surface area contributed by atoms with Crippen molar-refractivity contribution < 1.29 is 4.39 Å². The number of hydrogen-bond donors (Lipinski definition) is 0. The van der Waals surface area contributed by atoms with E-state index in [0.717, 1.165) is 17.7 Å². The van der Waals surface area contributed by atoms with Crippen LogP contribution in [0.1, 0.15) is 18.2 Å². The molecule has 0 fully saturated rings. The number of fused-ring (bicyclic) bond motifs is 1. The molecule has 84 valence electrons. The number of rotatable bonds is 1. The van der Waals surface area contributed by atoms with Gasteiger partial charge in [0.2, 0.25) is 0 Å². The predicted octanol–water partition coefficient (Wildman–Crippen LogP) is 4.55. The molecule has 16 heavy (non-hydrogen) atoms. The molecule has 0 radical (unpaired) electrons. The minimum atomic E-state index is -0.431. The van der Waals surface area contributed by atoms with Gasteiger partial charge in [-0.15, -0.1) is 0 Å². The molecule has 1 aromatic carbocycles. The van der Waals surface area contributed by atoms with Crippen LogP contribution in [0.4, 0.5) is 4.39 Å². The Hall–Kier alpha value is -0.860. The molecule has 1 aromatic heterocycles. The van der Waals surface area contributed by atoms with Crippen molar-refractivity contribution in [3.63, 3.8) is 0 Å². The largest absolute Gasteiger partial charge is 0.249 e. The third-order valence-electron chi connectivity index (χ3n) is 2.61. The molecule has 0 spiro atoms. The van der Waals surface area contributed by atoms with E-state index in [9.17, 15) is 4.39 Å². The number of pyridine rings is 1. The van der Waals surface area contributed by atoms with E-state index in [1.807, 2.05) is 13.8 Å². The van der Waals surface area contributed by atoms with Crippen LogP contribution >= 0.6 is 23.2 Å². The number of hydrogen-bond acceptors (Lipinski definition) is 1. The Balaban J connectivity index is 2.92. The van der Waals surface area contributed by atoms with Gasteiger partial charge in [0.1, 0.15) is 5.52 Å². The Morgan fingerprint density at radius 3 is 2.62 bits per heavy atom. The number of nitrogens with zero attached hydrogens (tertiary/aromatic N) is 1. The zero-order chi connectivity index (χ0) is 11.9. The van der Waals surface area contributed by atoms with Gasteiger partial charge in [0, 0.05) is 16.1 Å². The fourth-order valence-electron chi connectivity index (χ4n) is 1.74. The Morgan fingerprint density at radius 1 is 1.31 bits per heavy atom. The van der Waals surface area contributed by atoms with Crippen molar-refractivity contribution in [3.05, 3.63) is 39.3 Å². The zero-order valence-electron chi connectivity index (χ0n) is 8.94. The molecule has 0 aliphatic carbocycles. The van der Waals surface area contributed by atoms with E-state index < -0.39 is 5.82 Å². The average molecular weight is 258 g/mol. The molecule has 4 heteroatoms. The van der Waals surface area contributed by atoms with Crippen molar-refractivity contribution >= 4 is 34.1 Å². The summed E-state index contributed by atoms with van der Waals surface area (Å²) in [6.07, 6.45) is 0.726. The second-order valence-electron chi connectivity index (χ2n) is 3.63. The first-order chi connectivity index (χ1) is 7.54. The predicted molar refractivity (Wildman–Crippen MR) is 65.8 cm³/mol. The summed E-state index contributed by atoms with van der Waals surface area (Å²) in [6, 6.07) is 2.89. The van der Waals surface area contributed by atoms with E-state index >= 15 is 0 Å². The highest BCUT2D eigenvalue weighted by Gasteiger charge is 2.12. The highest BCUT2D eigenvalue weighted by molar-refractivity contribution is 6.37. The third kappa shape index (κ3) is 1.76. The summed E-state index contributed by atoms with van der Waals surface area (Å²) < 4.78 is 13.7. The Kier molecular flexibility index (Phi) is 3.04. The Labute approximate surface area is 103 Å². The van der Waals surface area contributed by atoms with E-state index in [2.05, 4.69) is 4.98 Å². The summed E-state index contributed by atoms with van der Waals surface area (Å²) in [5.74, 6) is -0.431. The molecule has 0 amide bonds. The van der Waals surface area contributed by atoms with Gasteiger partial charge >= 0.3 is 0 Å². The quantitative estimate of drug-likeness (QED) is 0.731. The smallest absolute Gasteiger partial charge is 0.150 e. The van der Waals surface area contributed by atoms with Crippen molar-refractivity contribution in [2.75, 3.05) is 0 Å². The molecule has 0 unspecified atom stereocenters. The summed E-state index contributed by atoms with van der Waals surface area (Å²) in [7, 11) is 0. The summed E-state index contributed by atoms with van der Waals surface area (Å²) in [5.41, 5.74) is 1.99. The number of aromatic nitrogens is 1. The van der Waals surface area contributed by atoms with E-state index in [0.29, 0.717) is 15.4 Å². The highest BCUT2D eigenvalue weighted by atomic mass is 35.5. The van der Waals surface area contributed by atoms with E-state index in [1.165, 1.54) is 6.07 Å². The van der Waals surface area contributed by atoms with Crippen LogP contribution in [0.25, 0.3) is 10.9 Å². The van der Waals surface area contributed by atoms with Crippen LogP contribution in [0.5, 0.6) is 0 Å². The van der Waals surface area contributed by atoms with Crippen molar-refractivity contribution in [2.45, 2.75) is 20.3 Å². The van der Waals surface area contributed by atoms with Gasteiger partial charge in [0.25, 0.3) is 0 Å². The summed E-state index contributed by atoms with van der Waals surface area (Å²) in [4.78, 5) is 4.28. The van der Waals surface area contributed by atoms with Crippen LogP contribution in [0.3, 0.4) is 0 Å². The first-order valence-electron chi connectivity index (χ1n) is 4.98. The number of benzene rings is 1. The fourth-order valence-corrected chi connectivity index (χ4v) is 2.20. The van der Waals surface area contributed by atoms with Crippen LogP contribution in [0.15, 0.2) is 12.1 Å². The second kappa shape index (κ2) is 4.19. The van der Waals surface area contributed by atoms with Crippen molar-refractivity contribution in [1.29, 1.82) is 0 Å². The lowest BCUT2D eigenvalue weighted by Gasteiger charge is -2.09. The van der Waals surface area contributed by atoms with E-state index in [4.69, 9.17) is 23.2 Å². The Bertz CT molecular complexity index is 567. The molecule has 2 aromatic rings. The van der Waals surface area contributed by atoms with Crippen LogP contribution in [0.2, 0.25) is 10.0 Å². The minimum absolute atomic E-state index is 0.289. The molecular weight excluding hydrogens is 248 g/mol. The molecule has 0 aliphatic heterocycles. The maximum absolute atomic E-state index is 13.7. The van der Waals surface area contributed by atoms with Crippen LogP contribution in [0, 0.1) is 12.7 Å². The van der Waals surface area contributed by atoms with Crippen LogP contribution in [-0.2, 0) is 6.42 Å². The molecule has 0 bridgehead atoms. The summed E-state index contributed by atoms with van der Waals surface area (Å²) in [6.45, 7) is 3.84. The molecule has 2 rings (SSSR count). The van der Waals surface area contributed by atoms with Crippen molar-refractivity contribution in [1.82, 2.24) is 4.98 Å². The van der Waals surface area contributed by atoms with Crippen LogP contribution in [-0.4, -0.2) is 4.98 Å². The molecule has 0 aliphatic rings. The van der Waals surface area contributed by atoms with Gasteiger partial charge in [-0.2, -0.15) is 0 Å². The topological polar surface area (TPSA) is 12.9 Å². The molecule has 0 atom stereocenters. The molecule has 0 saturated heterocycles. The van der Waals surface area contributed by atoms with Gasteiger partial charge in [-0.05, 0) is 31.0 Å². The first-order valence-corrected chi connectivity index (χ1v) is 5.74. The Morgan fingerprint density at radius 2 is 2.00 bits per heavy atom. The normalized spacial score (nSPS) is 11.1. The SMILES string of the molecule is CCc1nc2c(F)cc(Cl)cc2c(Cl)c1C. The molecule has 1 nitrogen and oxygen atoms in total. The van der Waals surface area contributed by atoms with Gasteiger partial charge < -0.3 is 0 Å². The van der Waals surface area contributed by atoms with Gasteiger partial charge in [0.15, 0.2) is 5.82 Å². The van der Waals surface area contributed by atoms with Gasteiger partial charge in [-0.3, -0.25) is 0 Å². The average Bonchev–Trinajstić information content (AvgIpc) is 2.24. The zero-order valence-corrected chi connectivity index (χ0v) is 10.5. The summed E-state index contributed by atoms with van der Waals surface area (Å²) in [5, 5.41) is 1.43. The van der Waals surface area contributed by atoms with E-state index in [1.54, 1.807) is 6.07 Å².